The first-order chi connectivity index (χ1) is 10.2. The van der Waals surface area contributed by atoms with Gasteiger partial charge >= 0.3 is 0 Å². The maximum absolute atomic E-state index is 13.8. The molecule has 3 heteroatoms. The summed E-state index contributed by atoms with van der Waals surface area (Å²) in [5.74, 6) is -0.0751. The Balaban J connectivity index is 1.90. The Morgan fingerprint density at radius 2 is 1.71 bits per heavy atom. The van der Waals surface area contributed by atoms with E-state index in [4.69, 9.17) is 0 Å². The molecule has 21 heavy (non-hydrogen) atoms. The van der Waals surface area contributed by atoms with Gasteiger partial charge in [-0.3, -0.25) is 4.79 Å². The SMILES string of the molecule is CCN(CCCC(=O)c1ccccc1)c1ccccc1F. The summed E-state index contributed by atoms with van der Waals surface area (Å²) in [4.78, 5) is 14.0. The lowest BCUT2D eigenvalue weighted by molar-refractivity contribution is 0.0980. The maximum Gasteiger partial charge on any atom is 0.162 e. The zero-order chi connectivity index (χ0) is 15.1. The molecule has 0 radical (unpaired) electrons. The van der Waals surface area contributed by atoms with Crippen molar-refractivity contribution in [1.29, 1.82) is 0 Å². The molecule has 0 amide bonds. The lowest BCUT2D eigenvalue weighted by atomic mass is 10.1. The molecular weight excluding hydrogens is 265 g/mol. The van der Waals surface area contributed by atoms with Crippen LogP contribution in [0, 0.1) is 5.82 Å². The second-order valence-electron chi connectivity index (χ2n) is 4.92. The van der Waals surface area contributed by atoms with Crippen LogP contribution in [0.15, 0.2) is 54.6 Å². The van der Waals surface area contributed by atoms with Crippen molar-refractivity contribution in [3.63, 3.8) is 0 Å². The van der Waals surface area contributed by atoms with E-state index in [1.165, 1.54) is 6.07 Å². The van der Waals surface area contributed by atoms with Crippen molar-refractivity contribution in [2.75, 3.05) is 18.0 Å². The van der Waals surface area contributed by atoms with Crippen LogP contribution in [0.25, 0.3) is 0 Å². The van der Waals surface area contributed by atoms with Crippen LogP contribution in [0.1, 0.15) is 30.1 Å². The Morgan fingerprint density at radius 3 is 2.38 bits per heavy atom. The number of carbonyl (C=O) groups is 1. The highest BCUT2D eigenvalue weighted by Gasteiger charge is 2.10. The van der Waals surface area contributed by atoms with Gasteiger partial charge in [0.05, 0.1) is 5.69 Å². The molecule has 0 aliphatic carbocycles. The van der Waals surface area contributed by atoms with E-state index in [0.29, 0.717) is 18.7 Å². The largest absolute Gasteiger partial charge is 0.369 e. The minimum atomic E-state index is -0.214. The number of hydrogen-bond acceptors (Lipinski definition) is 2. The molecule has 0 spiro atoms. The van der Waals surface area contributed by atoms with Gasteiger partial charge in [-0.05, 0) is 25.5 Å². The molecule has 0 aliphatic rings. The van der Waals surface area contributed by atoms with Gasteiger partial charge in [-0.15, -0.1) is 0 Å². The quantitative estimate of drug-likeness (QED) is 0.706. The zero-order valence-corrected chi connectivity index (χ0v) is 12.3. The molecule has 0 aliphatic heterocycles. The standard InChI is InChI=1S/C18H20FNO/c1-2-20(17-12-7-6-11-16(17)19)14-8-13-18(21)15-9-4-3-5-10-15/h3-7,9-12H,2,8,13-14H2,1H3. The predicted octanol–water partition coefficient (Wildman–Crippen LogP) is 4.32. The monoisotopic (exact) mass is 285 g/mol. The van der Waals surface area contributed by atoms with Crippen molar-refractivity contribution < 1.29 is 9.18 Å². The number of anilines is 1. The number of benzene rings is 2. The number of nitrogens with zero attached hydrogens (tertiary/aromatic N) is 1. The average molecular weight is 285 g/mol. The number of halogens is 1. The highest BCUT2D eigenvalue weighted by atomic mass is 19.1. The Morgan fingerprint density at radius 1 is 1.05 bits per heavy atom. The molecule has 0 unspecified atom stereocenters. The third kappa shape index (κ3) is 4.15. The Bertz CT molecular complexity index is 583. The summed E-state index contributed by atoms with van der Waals surface area (Å²) >= 11 is 0. The van der Waals surface area contributed by atoms with E-state index in [2.05, 4.69) is 0 Å². The van der Waals surface area contributed by atoms with E-state index in [9.17, 15) is 9.18 Å². The highest BCUT2D eigenvalue weighted by molar-refractivity contribution is 5.95. The third-order valence-electron chi connectivity index (χ3n) is 3.50. The number of ketones is 1. The fraction of sp³-hybridized carbons (Fsp3) is 0.278. The Hall–Kier alpha value is -2.16. The highest BCUT2D eigenvalue weighted by Crippen LogP contribution is 2.19. The smallest absolute Gasteiger partial charge is 0.162 e. The van der Waals surface area contributed by atoms with Crippen LogP contribution >= 0.6 is 0 Å². The third-order valence-corrected chi connectivity index (χ3v) is 3.50. The molecule has 0 bridgehead atoms. The van der Waals surface area contributed by atoms with Gasteiger partial charge in [-0.25, -0.2) is 4.39 Å². The summed E-state index contributed by atoms with van der Waals surface area (Å²) < 4.78 is 13.8. The van der Waals surface area contributed by atoms with Crippen molar-refractivity contribution >= 4 is 11.5 Å². The van der Waals surface area contributed by atoms with Crippen molar-refractivity contribution in [2.45, 2.75) is 19.8 Å². The molecule has 2 rings (SSSR count). The average Bonchev–Trinajstić information content (AvgIpc) is 2.53. The summed E-state index contributed by atoms with van der Waals surface area (Å²) in [6.45, 7) is 3.39. The van der Waals surface area contributed by atoms with Crippen LogP contribution < -0.4 is 4.90 Å². The van der Waals surface area contributed by atoms with Gasteiger partial charge in [-0.2, -0.15) is 0 Å². The summed E-state index contributed by atoms with van der Waals surface area (Å²) in [5.41, 5.74) is 1.35. The van der Waals surface area contributed by atoms with Crippen LogP contribution in [0.2, 0.25) is 0 Å². The lowest BCUT2D eigenvalue weighted by Crippen LogP contribution is -2.25. The van der Waals surface area contributed by atoms with E-state index in [-0.39, 0.29) is 11.6 Å². The first-order valence-electron chi connectivity index (χ1n) is 7.30. The zero-order valence-electron chi connectivity index (χ0n) is 12.3. The molecule has 2 aromatic carbocycles. The molecular formula is C18H20FNO. The van der Waals surface area contributed by atoms with Crippen LogP contribution in [0.4, 0.5) is 10.1 Å². The molecule has 0 saturated carbocycles. The molecule has 110 valence electrons. The van der Waals surface area contributed by atoms with E-state index in [0.717, 1.165) is 18.5 Å². The van der Waals surface area contributed by atoms with E-state index < -0.39 is 0 Å². The fourth-order valence-electron chi connectivity index (χ4n) is 2.36. The molecule has 0 aromatic heterocycles. The van der Waals surface area contributed by atoms with E-state index >= 15 is 0 Å². The summed E-state index contributed by atoms with van der Waals surface area (Å²) in [6, 6.07) is 16.0. The van der Waals surface area contributed by atoms with Gasteiger partial charge in [0.1, 0.15) is 5.82 Å². The molecule has 2 nitrogen and oxygen atoms in total. The number of para-hydroxylation sites is 1. The second kappa shape index (κ2) is 7.58. The van der Waals surface area contributed by atoms with E-state index in [1.807, 2.05) is 48.2 Å². The van der Waals surface area contributed by atoms with Crippen molar-refractivity contribution in [3.8, 4) is 0 Å². The van der Waals surface area contributed by atoms with Crippen LogP contribution in [-0.4, -0.2) is 18.9 Å². The minimum Gasteiger partial charge on any atom is -0.369 e. The number of carbonyl (C=O) groups excluding carboxylic acids is 1. The van der Waals surface area contributed by atoms with Gasteiger partial charge in [-0.1, -0.05) is 42.5 Å². The second-order valence-corrected chi connectivity index (χ2v) is 4.92. The van der Waals surface area contributed by atoms with Crippen molar-refractivity contribution in [3.05, 3.63) is 66.0 Å². The molecule has 0 N–H and O–H groups in total. The Kier molecular flexibility index (Phi) is 5.50. The normalized spacial score (nSPS) is 10.4. The van der Waals surface area contributed by atoms with Gasteiger partial charge in [0, 0.05) is 25.1 Å². The number of Topliss-reactive ketones (excluding diaryl/α,β-unsaturated/α-hetero) is 1. The molecule has 0 fully saturated rings. The Labute approximate surface area is 125 Å². The lowest BCUT2D eigenvalue weighted by Gasteiger charge is -2.23. The van der Waals surface area contributed by atoms with E-state index in [1.54, 1.807) is 12.1 Å². The molecule has 2 aromatic rings. The van der Waals surface area contributed by atoms with Crippen LogP contribution in [-0.2, 0) is 0 Å². The fourth-order valence-corrected chi connectivity index (χ4v) is 2.36. The molecule has 0 heterocycles. The minimum absolute atomic E-state index is 0.139. The summed E-state index contributed by atoms with van der Waals surface area (Å²) in [6.07, 6.45) is 1.20. The first-order valence-corrected chi connectivity index (χ1v) is 7.30. The predicted molar refractivity (Wildman–Crippen MR) is 84.3 cm³/mol. The molecule has 0 saturated heterocycles. The van der Waals surface area contributed by atoms with Crippen LogP contribution in [0.5, 0.6) is 0 Å². The van der Waals surface area contributed by atoms with Crippen molar-refractivity contribution in [2.24, 2.45) is 0 Å². The van der Waals surface area contributed by atoms with Gasteiger partial charge in [0.2, 0.25) is 0 Å². The number of rotatable bonds is 7. The maximum atomic E-state index is 13.8. The van der Waals surface area contributed by atoms with Crippen LogP contribution in [0.3, 0.4) is 0 Å². The topological polar surface area (TPSA) is 20.3 Å². The summed E-state index contributed by atoms with van der Waals surface area (Å²) in [5, 5.41) is 0. The van der Waals surface area contributed by atoms with Crippen molar-refractivity contribution in [1.82, 2.24) is 0 Å². The van der Waals surface area contributed by atoms with Gasteiger partial charge in [0.15, 0.2) is 5.78 Å². The van der Waals surface area contributed by atoms with Gasteiger partial charge in [0.25, 0.3) is 0 Å². The number of hydrogen-bond donors (Lipinski definition) is 0. The first kappa shape index (κ1) is 15.2. The van der Waals surface area contributed by atoms with Gasteiger partial charge < -0.3 is 4.90 Å². The molecule has 0 atom stereocenters. The summed E-state index contributed by atoms with van der Waals surface area (Å²) in [7, 11) is 0.